The molecule has 8 heteroatoms. The molecule has 1 spiro atoms. The third kappa shape index (κ3) is 4.88. The second kappa shape index (κ2) is 8.41. The predicted molar refractivity (Wildman–Crippen MR) is 117 cm³/mol. The standard InChI is InChI=1S/C18H29N5OS.HI/c1-17(2,3)13-10-25-15(22-13)9-20-16(19-4)23-7-5-6-18(12-23)8-14(24)21-11-18;/h10H,5-9,11-12H2,1-4H3,(H,19,20)(H,21,24);1H. The van der Waals surface area contributed by atoms with Crippen molar-refractivity contribution in [3.05, 3.63) is 16.1 Å². The van der Waals surface area contributed by atoms with E-state index in [2.05, 4.69) is 46.7 Å². The quantitative estimate of drug-likeness (QED) is 0.379. The highest BCUT2D eigenvalue weighted by Gasteiger charge is 2.42. The summed E-state index contributed by atoms with van der Waals surface area (Å²) in [7, 11) is 1.82. The smallest absolute Gasteiger partial charge is 0.220 e. The highest BCUT2D eigenvalue weighted by molar-refractivity contribution is 14.0. The van der Waals surface area contributed by atoms with Crippen molar-refractivity contribution in [3.63, 3.8) is 0 Å². The Hall–Kier alpha value is -0.900. The number of guanidine groups is 1. The summed E-state index contributed by atoms with van der Waals surface area (Å²) < 4.78 is 0. The van der Waals surface area contributed by atoms with E-state index in [0.717, 1.165) is 49.1 Å². The number of hydrogen-bond donors (Lipinski definition) is 2. The van der Waals surface area contributed by atoms with Crippen LogP contribution in [0.3, 0.4) is 0 Å². The molecule has 26 heavy (non-hydrogen) atoms. The fourth-order valence-electron chi connectivity index (χ4n) is 3.65. The minimum absolute atomic E-state index is 0. The maximum Gasteiger partial charge on any atom is 0.220 e. The monoisotopic (exact) mass is 491 g/mol. The average molecular weight is 491 g/mol. The largest absolute Gasteiger partial charge is 0.355 e. The van der Waals surface area contributed by atoms with Crippen LogP contribution in [-0.2, 0) is 16.8 Å². The number of carbonyl (C=O) groups is 1. The first kappa shape index (κ1) is 21.4. The molecule has 1 aromatic heterocycles. The average Bonchev–Trinajstić information content (AvgIpc) is 3.15. The van der Waals surface area contributed by atoms with Crippen LogP contribution in [0.15, 0.2) is 10.4 Å². The molecule has 2 aliphatic heterocycles. The number of amides is 1. The molecule has 2 aliphatic rings. The molecule has 3 rings (SSSR count). The first-order chi connectivity index (χ1) is 11.8. The molecule has 2 fully saturated rings. The highest BCUT2D eigenvalue weighted by atomic mass is 127. The molecule has 0 saturated carbocycles. The van der Waals surface area contributed by atoms with Gasteiger partial charge in [-0.3, -0.25) is 9.79 Å². The van der Waals surface area contributed by atoms with E-state index >= 15 is 0 Å². The van der Waals surface area contributed by atoms with Gasteiger partial charge < -0.3 is 15.5 Å². The topological polar surface area (TPSA) is 69.6 Å². The number of piperidine rings is 1. The highest BCUT2D eigenvalue weighted by Crippen LogP contribution is 2.36. The lowest BCUT2D eigenvalue weighted by Crippen LogP contribution is -2.51. The Morgan fingerprint density at radius 2 is 2.27 bits per heavy atom. The van der Waals surface area contributed by atoms with E-state index in [1.807, 2.05) is 7.05 Å². The van der Waals surface area contributed by atoms with E-state index in [4.69, 9.17) is 4.98 Å². The number of aromatic nitrogens is 1. The Kier molecular flexibility index (Phi) is 6.92. The predicted octanol–water partition coefficient (Wildman–Crippen LogP) is 2.74. The molecule has 1 amide bonds. The van der Waals surface area contributed by atoms with Gasteiger partial charge in [0.05, 0.1) is 12.2 Å². The Bertz CT molecular complexity index is 669. The van der Waals surface area contributed by atoms with Crippen molar-refractivity contribution in [1.82, 2.24) is 20.5 Å². The molecular weight excluding hydrogens is 461 g/mol. The number of nitrogens with zero attached hydrogens (tertiary/aromatic N) is 3. The van der Waals surface area contributed by atoms with Gasteiger partial charge in [-0.25, -0.2) is 4.98 Å². The lowest BCUT2D eigenvalue weighted by molar-refractivity contribution is -0.119. The van der Waals surface area contributed by atoms with Gasteiger partial charge in [0, 0.05) is 49.3 Å². The summed E-state index contributed by atoms with van der Waals surface area (Å²) in [5.41, 5.74) is 1.29. The lowest BCUT2D eigenvalue weighted by atomic mass is 9.79. The molecule has 146 valence electrons. The zero-order valence-electron chi connectivity index (χ0n) is 16.1. The molecule has 2 N–H and O–H groups in total. The first-order valence-corrected chi connectivity index (χ1v) is 9.86. The molecule has 1 aromatic rings. The van der Waals surface area contributed by atoms with E-state index in [1.165, 1.54) is 0 Å². The van der Waals surface area contributed by atoms with Gasteiger partial charge in [-0.15, -0.1) is 35.3 Å². The van der Waals surface area contributed by atoms with Crippen LogP contribution in [0.4, 0.5) is 0 Å². The van der Waals surface area contributed by atoms with Gasteiger partial charge in [0.2, 0.25) is 5.91 Å². The summed E-state index contributed by atoms with van der Waals surface area (Å²) in [6.07, 6.45) is 2.85. The maximum absolute atomic E-state index is 11.7. The molecule has 0 radical (unpaired) electrons. The Labute approximate surface area is 177 Å². The van der Waals surface area contributed by atoms with E-state index in [-0.39, 0.29) is 40.7 Å². The Balaban J connectivity index is 0.00000243. The van der Waals surface area contributed by atoms with Gasteiger partial charge in [-0.2, -0.15) is 0 Å². The third-order valence-corrected chi connectivity index (χ3v) is 5.94. The van der Waals surface area contributed by atoms with Crippen molar-refractivity contribution in [3.8, 4) is 0 Å². The van der Waals surface area contributed by atoms with Gasteiger partial charge in [0.25, 0.3) is 0 Å². The summed E-state index contributed by atoms with van der Waals surface area (Å²) in [5, 5.41) is 9.68. The zero-order chi connectivity index (χ0) is 18.1. The van der Waals surface area contributed by atoms with Crippen molar-refractivity contribution < 1.29 is 4.79 Å². The molecule has 0 aliphatic carbocycles. The van der Waals surface area contributed by atoms with E-state index in [9.17, 15) is 4.79 Å². The van der Waals surface area contributed by atoms with Crippen LogP contribution in [0.2, 0.25) is 0 Å². The molecule has 3 heterocycles. The Morgan fingerprint density at radius 3 is 2.85 bits per heavy atom. The van der Waals surface area contributed by atoms with Crippen LogP contribution >= 0.6 is 35.3 Å². The fraction of sp³-hybridized carbons (Fsp3) is 0.722. The minimum atomic E-state index is 0. The minimum Gasteiger partial charge on any atom is -0.355 e. The molecular formula is C18H30IN5OS. The Morgan fingerprint density at radius 1 is 1.50 bits per heavy atom. The third-order valence-electron chi connectivity index (χ3n) is 5.09. The maximum atomic E-state index is 11.7. The number of hydrogen-bond acceptors (Lipinski definition) is 4. The summed E-state index contributed by atoms with van der Waals surface area (Å²) >= 11 is 1.69. The van der Waals surface area contributed by atoms with Crippen LogP contribution < -0.4 is 10.6 Å². The molecule has 2 saturated heterocycles. The molecule has 0 aromatic carbocycles. The number of aliphatic imine (C=N–C) groups is 1. The molecule has 1 unspecified atom stereocenters. The van der Waals surface area contributed by atoms with Crippen LogP contribution in [0.1, 0.15) is 50.7 Å². The summed E-state index contributed by atoms with van der Waals surface area (Å²) in [6.45, 7) is 9.90. The van der Waals surface area contributed by atoms with Crippen LogP contribution in [0.5, 0.6) is 0 Å². The normalized spacial score (nSPS) is 23.8. The van der Waals surface area contributed by atoms with Gasteiger partial charge >= 0.3 is 0 Å². The second-order valence-electron chi connectivity index (χ2n) is 8.26. The molecule has 1 atom stereocenters. The molecule has 6 nitrogen and oxygen atoms in total. The van der Waals surface area contributed by atoms with Crippen molar-refractivity contribution in [1.29, 1.82) is 0 Å². The van der Waals surface area contributed by atoms with Gasteiger partial charge in [0.1, 0.15) is 5.01 Å². The summed E-state index contributed by atoms with van der Waals surface area (Å²) in [5.74, 6) is 1.09. The number of likely N-dealkylation sites (tertiary alicyclic amines) is 1. The lowest BCUT2D eigenvalue weighted by Gasteiger charge is -2.40. The van der Waals surface area contributed by atoms with Crippen molar-refractivity contribution >= 4 is 47.2 Å². The number of thiazole rings is 1. The van der Waals surface area contributed by atoms with E-state index < -0.39 is 0 Å². The number of carbonyl (C=O) groups excluding carboxylic acids is 1. The van der Waals surface area contributed by atoms with Gasteiger partial charge in [-0.05, 0) is 12.8 Å². The zero-order valence-corrected chi connectivity index (χ0v) is 19.2. The van der Waals surface area contributed by atoms with E-state index in [0.29, 0.717) is 13.0 Å². The summed E-state index contributed by atoms with van der Waals surface area (Å²) in [4.78, 5) is 23.2. The fourth-order valence-corrected chi connectivity index (χ4v) is 4.61. The van der Waals surface area contributed by atoms with E-state index in [1.54, 1.807) is 11.3 Å². The second-order valence-corrected chi connectivity index (χ2v) is 9.20. The number of nitrogens with one attached hydrogen (secondary N) is 2. The van der Waals surface area contributed by atoms with Crippen LogP contribution in [0.25, 0.3) is 0 Å². The SMILES string of the molecule is CN=C(NCc1nc(C(C)(C)C)cs1)N1CCCC2(CNC(=O)C2)C1.I. The van der Waals surface area contributed by atoms with Gasteiger partial charge in [0.15, 0.2) is 5.96 Å². The summed E-state index contributed by atoms with van der Waals surface area (Å²) in [6, 6.07) is 0. The van der Waals surface area contributed by atoms with Crippen molar-refractivity contribution in [2.45, 2.75) is 52.0 Å². The van der Waals surface area contributed by atoms with Crippen LogP contribution in [0, 0.1) is 5.41 Å². The molecule has 0 bridgehead atoms. The number of rotatable bonds is 2. The van der Waals surface area contributed by atoms with Crippen molar-refractivity contribution in [2.24, 2.45) is 10.4 Å². The first-order valence-electron chi connectivity index (χ1n) is 8.99. The number of halogens is 1. The van der Waals surface area contributed by atoms with Crippen molar-refractivity contribution in [2.75, 3.05) is 26.7 Å². The van der Waals surface area contributed by atoms with Gasteiger partial charge in [-0.1, -0.05) is 20.8 Å². The van der Waals surface area contributed by atoms with Crippen LogP contribution in [-0.4, -0.2) is 48.4 Å².